The van der Waals surface area contributed by atoms with Crippen LogP contribution in [-0.2, 0) is 14.3 Å². The van der Waals surface area contributed by atoms with E-state index in [0.29, 0.717) is 12.8 Å². The highest BCUT2D eigenvalue weighted by atomic mass is 16.7. The van der Waals surface area contributed by atoms with E-state index < -0.39 is 49.5 Å². The van der Waals surface area contributed by atoms with Gasteiger partial charge < -0.3 is 40.3 Å². The van der Waals surface area contributed by atoms with Gasteiger partial charge in [0.1, 0.15) is 24.4 Å². The molecule has 1 heterocycles. The van der Waals surface area contributed by atoms with Crippen molar-refractivity contribution in [2.24, 2.45) is 0 Å². The second-order valence-corrected chi connectivity index (χ2v) is 9.82. The number of hydrogen-bond donors (Lipinski definition) is 6. The number of nitrogens with one attached hydrogen (secondary N) is 1. The van der Waals surface area contributed by atoms with Crippen molar-refractivity contribution in [2.75, 3.05) is 13.2 Å². The zero-order chi connectivity index (χ0) is 28.2. The van der Waals surface area contributed by atoms with E-state index in [9.17, 15) is 30.3 Å². The lowest BCUT2D eigenvalue weighted by atomic mass is 9.99. The number of unbranched alkanes of at least 4 members (excludes halogenated alkanes) is 6. The van der Waals surface area contributed by atoms with Crippen molar-refractivity contribution >= 4 is 5.91 Å². The molecule has 1 saturated heterocycles. The third-order valence-corrected chi connectivity index (χ3v) is 6.45. The van der Waals surface area contributed by atoms with Crippen LogP contribution in [0.4, 0.5) is 0 Å². The largest absolute Gasteiger partial charge is 0.394 e. The quantitative estimate of drug-likeness (QED) is 0.102. The van der Waals surface area contributed by atoms with Gasteiger partial charge in [0.05, 0.1) is 25.4 Å². The number of ether oxygens (including phenoxy) is 2. The summed E-state index contributed by atoms with van der Waals surface area (Å²) in [6.07, 6.45) is 14.5. The zero-order valence-corrected chi connectivity index (χ0v) is 23.2. The Balaban J connectivity index is 2.54. The lowest BCUT2D eigenvalue weighted by Crippen LogP contribution is -2.60. The van der Waals surface area contributed by atoms with Gasteiger partial charge in [-0.15, -0.1) is 0 Å². The maximum atomic E-state index is 12.3. The van der Waals surface area contributed by atoms with E-state index in [2.05, 4.69) is 36.5 Å². The highest BCUT2D eigenvalue weighted by Crippen LogP contribution is 2.22. The van der Waals surface area contributed by atoms with Gasteiger partial charge in [-0.05, 0) is 44.9 Å². The van der Waals surface area contributed by atoms with Gasteiger partial charge in [0.2, 0.25) is 5.91 Å². The smallest absolute Gasteiger partial charge is 0.220 e. The molecule has 1 aliphatic heterocycles. The topological polar surface area (TPSA) is 149 Å². The van der Waals surface area contributed by atoms with Crippen LogP contribution in [0.15, 0.2) is 36.5 Å². The normalized spacial score (nSPS) is 25.9. The van der Waals surface area contributed by atoms with Crippen LogP contribution in [0.5, 0.6) is 0 Å². The summed E-state index contributed by atoms with van der Waals surface area (Å²) in [5.74, 6) is -0.232. The predicted molar refractivity (Wildman–Crippen MR) is 147 cm³/mol. The molecule has 9 nitrogen and oxygen atoms in total. The lowest BCUT2D eigenvalue weighted by Gasteiger charge is -2.40. The Kier molecular flexibility index (Phi) is 19.3. The van der Waals surface area contributed by atoms with Crippen LogP contribution in [0.25, 0.3) is 0 Å². The van der Waals surface area contributed by atoms with Crippen LogP contribution in [0.1, 0.15) is 84.5 Å². The minimum Gasteiger partial charge on any atom is -0.394 e. The molecule has 1 rings (SSSR count). The average molecular weight is 542 g/mol. The van der Waals surface area contributed by atoms with Crippen LogP contribution in [-0.4, -0.2) is 87.5 Å². The Hall–Kier alpha value is -1.59. The maximum absolute atomic E-state index is 12.3. The molecule has 220 valence electrons. The van der Waals surface area contributed by atoms with Gasteiger partial charge in [-0.3, -0.25) is 4.79 Å². The van der Waals surface area contributed by atoms with E-state index in [0.717, 1.165) is 38.5 Å². The summed E-state index contributed by atoms with van der Waals surface area (Å²) >= 11 is 0. The predicted octanol–water partition coefficient (Wildman–Crippen LogP) is 2.65. The molecule has 1 fully saturated rings. The van der Waals surface area contributed by atoms with E-state index >= 15 is 0 Å². The second kappa shape index (κ2) is 21.3. The molecule has 6 N–H and O–H groups in total. The van der Waals surface area contributed by atoms with Gasteiger partial charge in [0.25, 0.3) is 0 Å². The highest BCUT2D eigenvalue weighted by Gasteiger charge is 2.44. The molecule has 0 aromatic heterocycles. The SMILES string of the molecule is CCCCC/C=C/CC/C=C/CC/C=C/C(O)C(COC1OC(CO)C(O)C(O)C1O)NC(=O)CCCC. The summed E-state index contributed by atoms with van der Waals surface area (Å²) in [6.45, 7) is 3.40. The molecule has 7 atom stereocenters. The summed E-state index contributed by atoms with van der Waals surface area (Å²) in [7, 11) is 0. The van der Waals surface area contributed by atoms with Gasteiger partial charge >= 0.3 is 0 Å². The zero-order valence-electron chi connectivity index (χ0n) is 23.2. The molecular weight excluding hydrogens is 490 g/mol. The molecule has 0 aromatic carbocycles. The molecule has 1 aliphatic rings. The Morgan fingerprint density at radius 3 is 2.08 bits per heavy atom. The van der Waals surface area contributed by atoms with Crippen molar-refractivity contribution in [2.45, 2.75) is 127 Å². The highest BCUT2D eigenvalue weighted by molar-refractivity contribution is 5.76. The summed E-state index contributed by atoms with van der Waals surface area (Å²) in [6, 6.07) is -0.817. The first-order chi connectivity index (χ1) is 18.3. The van der Waals surface area contributed by atoms with Crippen molar-refractivity contribution in [3.63, 3.8) is 0 Å². The molecule has 0 aliphatic carbocycles. The van der Waals surface area contributed by atoms with Gasteiger partial charge in [0, 0.05) is 6.42 Å². The molecular formula is C29H51NO8. The fraction of sp³-hybridized carbons (Fsp3) is 0.759. The number of carbonyl (C=O) groups is 1. The third kappa shape index (κ3) is 14.0. The number of hydrogen-bond acceptors (Lipinski definition) is 8. The Bertz CT molecular complexity index is 696. The van der Waals surface area contributed by atoms with Crippen molar-refractivity contribution in [1.82, 2.24) is 5.32 Å². The minimum atomic E-state index is -1.57. The van der Waals surface area contributed by atoms with E-state index in [1.54, 1.807) is 6.08 Å². The summed E-state index contributed by atoms with van der Waals surface area (Å²) in [5.41, 5.74) is 0. The van der Waals surface area contributed by atoms with Crippen LogP contribution in [0.2, 0.25) is 0 Å². The molecule has 7 unspecified atom stereocenters. The molecule has 0 spiro atoms. The van der Waals surface area contributed by atoms with E-state index in [1.807, 2.05) is 13.0 Å². The number of amides is 1. The molecule has 38 heavy (non-hydrogen) atoms. The standard InChI is InChI=1S/C29H51NO8/c1-3-5-7-8-9-10-11-12-13-14-15-16-17-18-23(32)22(30-25(33)19-6-4-2)21-37-29-28(36)27(35)26(34)24(20-31)38-29/h9-10,13-14,17-18,22-24,26-29,31-32,34-36H,3-8,11-12,15-16,19-21H2,1-2H3,(H,30,33)/b10-9+,14-13+,18-17+. The number of aliphatic hydroxyl groups excluding tert-OH is 5. The summed E-state index contributed by atoms with van der Waals surface area (Å²) in [5, 5.41) is 52.9. The summed E-state index contributed by atoms with van der Waals surface area (Å²) in [4.78, 5) is 12.3. The van der Waals surface area contributed by atoms with E-state index in [1.165, 1.54) is 19.3 Å². The molecule has 0 aromatic rings. The van der Waals surface area contributed by atoms with Crippen LogP contribution in [0.3, 0.4) is 0 Å². The minimum absolute atomic E-state index is 0.210. The van der Waals surface area contributed by atoms with Crippen LogP contribution >= 0.6 is 0 Å². The average Bonchev–Trinajstić information content (AvgIpc) is 2.91. The first-order valence-corrected chi connectivity index (χ1v) is 14.2. The maximum Gasteiger partial charge on any atom is 0.220 e. The Morgan fingerprint density at radius 1 is 0.868 bits per heavy atom. The van der Waals surface area contributed by atoms with Crippen LogP contribution in [0, 0.1) is 0 Å². The fourth-order valence-electron chi connectivity index (χ4n) is 3.98. The van der Waals surface area contributed by atoms with E-state index in [-0.39, 0.29) is 12.5 Å². The van der Waals surface area contributed by atoms with Crippen molar-refractivity contribution < 1.29 is 39.8 Å². The monoisotopic (exact) mass is 541 g/mol. The summed E-state index contributed by atoms with van der Waals surface area (Å²) < 4.78 is 10.9. The van der Waals surface area contributed by atoms with Gasteiger partial charge in [-0.2, -0.15) is 0 Å². The van der Waals surface area contributed by atoms with Crippen molar-refractivity contribution in [3.05, 3.63) is 36.5 Å². The third-order valence-electron chi connectivity index (χ3n) is 6.45. The van der Waals surface area contributed by atoms with Gasteiger partial charge in [-0.1, -0.05) is 69.6 Å². The first kappa shape index (κ1) is 34.4. The van der Waals surface area contributed by atoms with Gasteiger partial charge in [0.15, 0.2) is 6.29 Å². The lowest BCUT2D eigenvalue weighted by molar-refractivity contribution is -0.302. The molecule has 1 amide bonds. The van der Waals surface area contributed by atoms with Crippen LogP contribution < -0.4 is 5.32 Å². The number of rotatable bonds is 20. The molecule has 0 radical (unpaired) electrons. The van der Waals surface area contributed by atoms with Crippen molar-refractivity contribution in [3.8, 4) is 0 Å². The Labute approximate surface area is 228 Å². The van der Waals surface area contributed by atoms with Gasteiger partial charge in [-0.25, -0.2) is 0 Å². The molecule has 0 bridgehead atoms. The number of carbonyl (C=O) groups excluding carboxylic acids is 1. The van der Waals surface area contributed by atoms with Crippen molar-refractivity contribution in [1.29, 1.82) is 0 Å². The molecule has 9 heteroatoms. The fourth-order valence-corrected chi connectivity index (χ4v) is 3.98. The second-order valence-electron chi connectivity index (χ2n) is 9.82. The number of aliphatic hydroxyl groups is 5. The Morgan fingerprint density at radius 2 is 1.47 bits per heavy atom. The van der Waals surface area contributed by atoms with E-state index in [4.69, 9.17) is 9.47 Å². The number of allylic oxidation sites excluding steroid dienone is 5. The molecule has 0 saturated carbocycles. The first-order valence-electron chi connectivity index (χ1n) is 14.2.